The largest absolute Gasteiger partial charge is 0.473 e. The first-order valence-electron chi connectivity index (χ1n) is 9.28. The third kappa shape index (κ3) is 3.80. The minimum Gasteiger partial charge on any atom is -0.473 e. The molecule has 0 saturated carbocycles. The number of tetrazole rings is 1. The van der Waals surface area contributed by atoms with E-state index in [0.29, 0.717) is 11.6 Å². The Morgan fingerprint density at radius 1 is 0.966 bits per heavy atom. The number of ether oxygens (including phenoxy) is 1. The number of benzene rings is 2. The summed E-state index contributed by atoms with van der Waals surface area (Å²) in [5.74, 6) is 0.518. The Labute approximate surface area is 168 Å². The van der Waals surface area contributed by atoms with Crippen molar-refractivity contribution in [2.45, 2.75) is 20.5 Å². The number of aryl methyl sites for hydroxylation is 3. The van der Waals surface area contributed by atoms with Crippen LogP contribution in [-0.4, -0.2) is 24.8 Å². The molecule has 7 nitrogen and oxygen atoms in total. The fourth-order valence-electron chi connectivity index (χ4n) is 3.14. The summed E-state index contributed by atoms with van der Waals surface area (Å²) in [5.41, 5.74) is 5.26. The van der Waals surface area contributed by atoms with Crippen molar-refractivity contribution in [3.63, 3.8) is 0 Å². The number of pyridine rings is 1. The van der Waals surface area contributed by atoms with Gasteiger partial charge in [-0.25, -0.2) is 9.78 Å². The molecule has 0 bridgehead atoms. The van der Waals surface area contributed by atoms with Crippen molar-refractivity contribution >= 4 is 0 Å². The molecule has 0 spiro atoms. The van der Waals surface area contributed by atoms with E-state index in [1.165, 1.54) is 14.9 Å². The van der Waals surface area contributed by atoms with Crippen LogP contribution in [0.15, 0.2) is 65.5 Å². The SMILES string of the molecule is Cc1cccc(-c2cccc(OCc3c(C)cccc3-n3nnn(C)c3=O)n2)c1. The molecule has 0 saturated heterocycles. The summed E-state index contributed by atoms with van der Waals surface area (Å²) in [5, 5.41) is 7.75. The lowest BCUT2D eigenvalue weighted by molar-refractivity contribution is 0.293. The average molecular weight is 387 g/mol. The first-order chi connectivity index (χ1) is 14.0. The number of nitrogens with zero attached hydrogens (tertiary/aromatic N) is 5. The van der Waals surface area contributed by atoms with E-state index in [9.17, 15) is 4.79 Å². The number of aromatic nitrogens is 5. The van der Waals surface area contributed by atoms with Gasteiger partial charge < -0.3 is 4.74 Å². The summed E-state index contributed by atoms with van der Waals surface area (Å²) in [6.07, 6.45) is 0. The van der Waals surface area contributed by atoms with E-state index < -0.39 is 0 Å². The number of hydrogen-bond acceptors (Lipinski definition) is 5. The van der Waals surface area contributed by atoms with Crippen molar-refractivity contribution in [1.29, 1.82) is 0 Å². The Balaban J connectivity index is 1.63. The predicted molar refractivity (Wildman–Crippen MR) is 110 cm³/mol. The van der Waals surface area contributed by atoms with E-state index >= 15 is 0 Å². The van der Waals surface area contributed by atoms with Crippen LogP contribution >= 0.6 is 0 Å². The van der Waals surface area contributed by atoms with E-state index in [-0.39, 0.29) is 12.3 Å². The van der Waals surface area contributed by atoms with Crippen LogP contribution < -0.4 is 10.4 Å². The van der Waals surface area contributed by atoms with Crippen LogP contribution in [0.2, 0.25) is 0 Å². The second-order valence-corrected chi connectivity index (χ2v) is 6.89. The molecule has 0 N–H and O–H groups in total. The molecule has 0 aliphatic heterocycles. The monoisotopic (exact) mass is 387 g/mol. The Morgan fingerprint density at radius 3 is 2.52 bits per heavy atom. The van der Waals surface area contributed by atoms with Crippen molar-refractivity contribution in [3.8, 4) is 22.8 Å². The molecule has 0 aliphatic carbocycles. The molecule has 0 radical (unpaired) electrons. The molecule has 0 fully saturated rings. The maximum absolute atomic E-state index is 12.3. The highest BCUT2D eigenvalue weighted by molar-refractivity contribution is 5.60. The summed E-state index contributed by atoms with van der Waals surface area (Å²) in [7, 11) is 1.57. The Kier molecular flexibility index (Phi) is 4.95. The zero-order valence-electron chi connectivity index (χ0n) is 16.5. The van der Waals surface area contributed by atoms with Crippen LogP contribution in [0.5, 0.6) is 5.88 Å². The molecule has 0 atom stereocenters. The lowest BCUT2D eigenvalue weighted by Gasteiger charge is -2.13. The summed E-state index contributed by atoms with van der Waals surface area (Å²) in [6.45, 7) is 4.29. The topological polar surface area (TPSA) is 74.8 Å². The molecule has 146 valence electrons. The zero-order chi connectivity index (χ0) is 20.4. The lowest BCUT2D eigenvalue weighted by Crippen LogP contribution is -2.23. The van der Waals surface area contributed by atoms with E-state index in [2.05, 4.69) is 34.5 Å². The fourth-order valence-corrected chi connectivity index (χ4v) is 3.14. The maximum Gasteiger partial charge on any atom is 0.368 e. The van der Waals surface area contributed by atoms with Crippen LogP contribution in [0.4, 0.5) is 0 Å². The molecular formula is C22H21N5O2. The molecule has 0 amide bonds. The lowest BCUT2D eigenvalue weighted by atomic mass is 10.1. The molecular weight excluding hydrogens is 366 g/mol. The Hall–Kier alpha value is -3.74. The van der Waals surface area contributed by atoms with Gasteiger partial charge in [0.2, 0.25) is 5.88 Å². The standard InChI is InChI=1S/C22H21N5O2/c1-15-7-4-9-17(13-15)19-10-6-12-21(23-19)29-14-18-16(2)8-5-11-20(18)27-22(28)26(3)24-25-27/h4-13H,14H2,1-3H3. The van der Waals surface area contributed by atoms with Gasteiger partial charge in [0.1, 0.15) is 6.61 Å². The average Bonchev–Trinajstić information content (AvgIpc) is 3.05. The molecule has 4 rings (SSSR count). The van der Waals surface area contributed by atoms with Crippen LogP contribution in [0.1, 0.15) is 16.7 Å². The van der Waals surface area contributed by atoms with Gasteiger partial charge in [0.15, 0.2) is 0 Å². The van der Waals surface area contributed by atoms with Crippen molar-refractivity contribution < 1.29 is 4.74 Å². The van der Waals surface area contributed by atoms with Gasteiger partial charge in [0.25, 0.3) is 0 Å². The third-order valence-electron chi connectivity index (χ3n) is 4.74. The first-order valence-corrected chi connectivity index (χ1v) is 9.28. The van der Waals surface area contributed by atoms with E-state index in [0.717, 1.165) is 22.4 Å². The quantitative estimate of drug-likeness (QED) is 0.526. The van der Waals surface area contributed by atoms with Gasteiger partial charge in [0.05, 0.1) is 11.4 Å². The summed E-state index contributed by atoms with van der Waals surface area (Å²) in [6, 6.07) is 19.6. The van der Waals surface area contributed by atoms with E-state index in [1.807, 2.05) is 55.5 Å². The van der Waals surface area contributed by atoms with Gasteiger partial charge in [-0.3, -0.25) is 0 Å². The van der Waals surface area contributed by atoms with Gasteiger partial charge in [-0.05, 0) is 48.0 Å². The van der Waals surface area contributed by atoms with E-state index in [4.69, 9.17) is 4.74 Å². The second kappa shape index (κ2) is 7.71. The minimum absolute atomic E-state index is 0.259. The van der Waals surface area contributed by atoms with Crippen LogP contribution in [0.25, 0.3) is 16.9 Å². The predicted octanol–water partition coefficient (Wildman–Crippen LogP) is 3.22. The summed E-state index contributed by atoms with van der Waals surface area (Å²) < 4.78 is 8.47. The van der Waals surface area contributed by atoms with Gasteiger partial charge in [0, 0.05) is 24.2 Å². The first kappa shape index (κ1) is 18.6. The Morgan fingerprint density at radius 2 is 1.76 bits per heavy atom. The molecule has 2 heterocycles. The van der Waals surface area contributed by atoms with Crippen LogP contribution in [-0.2, 0) is 13.7 Å². The zero-order valence-corrected chi connectivity index (χ0v) is 16.5. The fraction of sp³-hybridized carbons (Fsp3) is 0.182. The molecule has 29 heavy (non-hydrogen) atoms. The molecule has 2 aromatic heterocycles. The number of hydrogen-bond donors (Lipinski definition) is 0. The van der Waals surface area contributed by atoms with Gasteiger partial charge in [-0.15, -0.1) is 0 Å². The normalized spacial score (nSPS) is 10.9. The van der Waals surface area contributed by atoms with Gasteiger partial charge in [-0.2, -0.15) is 9.36 Å². The van der Waals surface area contributed by atoms with Crippen molar-refractivity contribution in [2.24, 2.45) is 7.05 Å². The minimum atomic E-state index is -0.309. The van der Waals surface area contributed by atoms with Crippen molar-refractivity contribution in [2.75, 3.05) is 0 Å². The highest BCUT2D eigenvalue weighted by atomic mass is 16.5. The van der Waals surface area contributed by atoms with E-state index in [1.54, 1.807) is 7.05 Å². The van der Waals surface area contributed by atoms with Gasteiger partial charge >= 0.3 is 5.69 Å². The number of rotatable bonds is 5. The van der Waals surface area contributed by atoms with Crippen molar-refractivity contribution in [1.82, 2.24) is 24.8 Å². The molecule has 7 heteroatoms. The highest BCUT2D eigenvalue weighted by Crippen LogP contribution is 2.23. The molecule has 2 aromatic carbocycles. The third-order valence-corrected chi connectivity index (χ3v) is 4.74. The highest BCUT2D eigenvalue weighted by Gasteiger charge is 2.14. The van der Waals surface area contributed by atoms with Crippen molar-refractivity contribution in [3.05, 3.63) is 87.8 Å². The molecule has 4 aromatic rings. The Bertz CT molecular complexity index is 1230. The maximum atomic E-state index is 12.3. The van der Waals surface area contributed by atoms with Crippen LogP contribution in [0, 0.1) is 13.8 Å². The summed E-state index contributed by atoms with van der Waals surface area (Å²) in [4.78, 5) is 16.9. The second-order valence-electron chi connectivity index (χ2n) is 6.89. The molecule has 0 aliphatic rings. The molecule has 0 unspecified atom stereocenters. The van der Waals surface area contributed by atoms with Crippen LogP contribution in [0.3, 0.4) is 0 Å². The van der Waals surface area contributed by atoms with Gasteiger partial charge in [-0.1, -0.05) is 42.0 Å². The summed E-state index contributed by atoms with van der Waals surface area (Å²) >= 11 is 0. The smallest absolute Gasteiger partial charge is 0.368 e.